The van der Waals surface area contributed by atoms with Crippen LogP contribution in [0.2, 0.25) is 4.34 Å². The van der Waals surface area contributed by atoms with Gasteiger partial charge in [0.25, 0.3) is 10.0 Å². The molecule has 8 nitrogen and oxygen atoms in total. The molecule has 3 heterocycles. The van der Waals surface area contributed by atoms with Crippen molar-refractivity contribution in [2.45, 2.75) is 17.2 Å². The highest BCUT2D eigenvalue weighted by molar-refractivity contribution is 7.91. The lowest BCUT2D eigenvalue weighted by Crippen LogP contribution is -2.51. The lowest BCUT2D eigenvalue weighted by atomic mass is 10.3. The number of halogens is 1. The number of sulfonamides is 1. The molecule has 0 aromatic carbocycles. The summed E-state index contributed by atoms with van der Waals surface area (Å²) in [5.74, 6) is -0.0446. The zero-order chi connectivity index (χ0) is 19.3. The Balaban J connectivity index is 1.38. The standard InChI is InChI=1S/C16H22ClN5O3S2/c17-14-3-4-16(26-14)27(24,25)22-11-9-20(10-12-22)13-15(23)18-5-1-7-21-8-2-6-19-21/h2-4,6,8H,1,5,7,9-13H2,(H,18,23). The lowest BCUT2D eigenvalue weighted by Gasteiger charge is -2.33. The highest BCUT2D eigenvalue weighted by Crippen LogP contribution is 2.28. The number of nitrogens with one attached hydrogen (secondary N) is 1. The molecule has 0 saturated carbocycles. The van der Waals surface area contributed by atoms with Crippen LogP contribution in [0, 0.1) is 0 Å². The van der Waals surface area contributed by atoms with Crippen molar-refractivity contribution >= 4 is 38.9 Å². The average molecular weight is 432 g/mol. The molecule has 2 aromatic heterocycles. The number of thiophene rings is 1. The van der Waals surface area contributed by atoms with Gasteiger partial charge < -0.3 is 5.32 Å². The van der Waals surface area contributed by atoms with Gasteiger partial charge in [-0.1, -0.05) is 11.6 Å². The van der Waals surface area contributed by atoms with Gasteiger partial charge in [-0.3, -0.25) is 14.4 Å². The third-order valence-corrected chi connectivity index (χ3v) is 7.88. The summed E-state index contributed by atoms with van der Waals surface area (Å²) in [7, 11) is -3.50. The predicted octanol–water partition coefficient (Wildman–Crippen LogP) is 1.11. The molecule has 1 saturated heterocycles. The van der Waals surface area contributed by atoms with Crippen molar-refractivity contribution in [1.29, 1.82) is 0 Å². The quantitative estimate of drug-likeness (QED) is 0.632. The van der Waals surface area contributed by atoms with E-state index in [9.17, 15) is 13.2 Å². The second-order valence-corrected chi connectivity index (χ2v) is 10.1. The van der Waals surface area contributed by atoms with Crippen LogP contribution >= 0.6 is 22.9 Å². The average Bonchev–Trinajstić information content (AvgIpc) is 3.31. The Kier molecular flexibility index (Phi) is 6.88. The van der Waals surface area contributed by atoms with E-state index < -0.39 is 10.0 Å². The summed E-state index contributed by atoms with van der Waals surface area (Å²) in [4.78, 5) is 14.0. The molecule has 0 unspecified atom stereocenters. The van der Waals surface area contributed by atoms with Gasteiger partial charge in [0.2, 0.25) is 5.91 Å². The van der Waals surface area contributed by atoms with E-state index in [2.05, 4.69) is 10.4 Å². The SMILES string of the molecule is O=C(CN1CCN(S(=O)(=O)c2ccc(Cl)s2)CC1)NCCCn1cccn1. The first-order valence-electron chi connectivity index (χ1n) is 8.67. The maximum atomic E-state index is 12.6. The maximum Gasteiger partial charge on any atom is 0.252 e. The molecule has 1 aliphatic heterocycles. The normalized spacial score (nSPS) is 16.5. The van der Waals surface area contributed by atoms with Crippen molar-refractivity contribution in [2.24, 2.45) is 0 Å². The number of nitrogens with zero attached hydrogens (tertiary/aromatic N) is 4. The van der Waals surface area contributed by atoms with Gasteiger partial charge in [-0.05, 0) is 24.6 Å². The van der Waals surface area contributed by atoms with Crippen molar-refractivity contribution in [1.82, 2.24) is 24.3 Å². The molecule has 3 rings (SSSR count). The largest absolute Gasteiger partial charge is 0.355 e. The number of hydrogen-bond donors (Lipinski definition) is 1. The number of rotatable bonds is 8. The van der Waals surface area contributed by atoms with Crippen molar-refractivity contribution in [3.05, 3.63) is 34.9 Å². The Hall–Kier alpha value is -1.46. The Bertz CT molecular complexity index is 845. The summed E-state index contributed by atoms with van der Waals surface area (Å²) in [6.45, 7) is 3.41. The molecule has 1 aliphatic rings. The summed E-state index contributed by atoms with van der Waals surface area (Å²) in [5, 5.41) is 7.01. The molecular formula is C16H22ClN5O3S2. The third kappa shape index (κ3) is 5.52. The highest BCUT2D eigenvalue weighted by atomic mass is 35.5. The fourth-order valence-electron chi connectivity index (χ4n) is 2.85. The molecule has 148 valence electrons. The summed E-state index contributed by atoms with van der Waals surface area (Å²) in [6, 6.07) is 4.99. The number of hydrogen-bond acceptors (Lipinski definition) is 6. The Labute approximate surface area is 167 Å². The Morgan fingerprint density at radius 1 is 1.26 bits per heavy atom. The molecule has 2 aromatic rings. The van der Waals surface area contributed by atoms with Crippen LogP contribution in [0.15, 0.2) is 34.8 Å². The molecule has 11 heteroatoms. The van der Waals surface area contributed by atoms with Crippen LogP contribution in [-0.2, 0) is 21.4 Å². The van der Waals surface area contributed by atoms with Crippen LogP contribution in [0.25, 0.3) is 0 Å². The van der Waals surface area contributed by atoms with Crippen LogP contribution in [0.4, 0.5) is 0 Å². The second-order valence-electron chi connectivity index (χ2n) is 6.21. The van der Waals surface area contributed by atoms with Gasteiger partial charge in [-0.2, -0.15) is 9.40 Å². The van der Waals surface area contributed by atoms with Gasteiger partial charge in [0, 0.05) is 51.7 Å². The molecule has 0 atom stereocenters. The molecule has 27 heavy (non-hydrogen) atoms. The zero-order valence-corrected chi connectivity index (χ0v) is 17.1. The Morgan fingerprint density at radius 2 is 2.04 bits per heavy atom. The van der Waals surface area contributed by atoms with Gasteiger partial charge in [0.15, 0.2) is 0 Å². The summed E-state index contributed by atoms with van der Waals surface area (Å²) >= 11 is 6.91. The second kappa shape index (κ2) is 9.16. The smallest absolute Gasteiger partial charge is 0.252 e. The van der Waals surface area contributed by atoms with Crippen LogP contribution in [0.1, 0.15) is 6.42 Å². The first kappa shape index (κ1) is 20.3. The fourth-order valence-corrected chi connectivity index (χ4v) is 5.91. The maximum absolute atomic E-state index is 12.6. The van der Waals surface area contributed by atoms with Crippen molar-refractivity contribution in [2.75, 3.05) is 39.3 Å². The minimum Gasteiger partial charge on any atom is -0.355 e. The van der Waals surface area contributed by atoms with Crippen LogP contribution in [-0.4, -0.2) is 72.6 Å². The van der Waals surface area contributed by atoms with E-state index >= 15 is 0 Å². The molecule has 1 fully saturated rings. The first-order valence-corrected chi connectivity index (χ1v) is 11.3. The number of piperazine rings is 1. The van der Waals surface area contributed by atoms with Crippen molar-refractivity contribution in [3.8, 4) is 0 Å². The number of amides is 1. The first-order chi connectivity index (χ1) is 12.9. The van der Waals surface area contributed by atoms with E-state index in [-0.39, 0.29) is 16.7 Å². The minimum absolute atomic E-state index is 0.0446. The van der Waals surface area contributed by atoms with Crippen LogP contribution in [0.5, 0.6) is 0 Å². The number of aromatic nitrogens is 2. The van der Waals surface area contributed by atoms with Gasteiger partial charge in [0.05, 0.1) is 10.9 Å². The molecular weight excluding hydrogens is 410 g/mol. The molecule has 1 amide bonds. The topological polar surface area (TPSA) is 87.5 Å². The van der Waals surface area contributed by atoms with E-state index in [4.69, 9.17) is 11.6 Å². The van der Waals surface area contributed by atoms with E-state index in [0.29, 0.717) is 37.1 Å². The minimum atomic E-state index is -3.50. The van der Waals surface area contributed by atoms with E-state index in [1.54, 1.807) is 12.3 Å². The third-order valence-electron chi connectivity index (χ3n) is 4.29. The van der Waals surface area contributed by atoms with E-state index in [1.807, 2.05) is 21.8 Å². The highest BCUT2D eigenvalue weighted by Gasteiger charge is 2.30. The molecule has 0 aliphatic carbocycles. The van der Waals surface area contributed by atoms with Crippen LogP contribution < -0.4 is 5.32 Å². The molecule has 0 bridgehead atoms. The van der Waals surface area contributed by atoms with Crippen LogP contribution in [0.3, 0.4) is 0 Å². The van der Waals surface area contributed by atoms with Gasteiger partial charge in [-0.15, -0.1) is 11.3 Å². The predicted molar refractivity (Wildman–Crippen MR) is 104 cm³/mol. The Morgan fingerprint density at radius 3 is 2.67 bits per heavy atom. The van der Waals surface area contributed by atoms with Crippen molar-refractivity contribution < 1.29 is 13.2 Å². The van der Waals surface area contributed by atoms with Gasteiger partial charge in [-0.25, -0.2) is 8.42 Å². The zero-order valence-electron chi connectivity index (χ0n) is 14.8. The molecule has 1 N–H and O–H groups in total. The molecule has 0 spiro atoms. The van der Waals surface area contributed by atoms with E-state index in [1.165, 1.54) is 10.4 Å². The number of aryl methyl sites for hydroxylation is 1. The summed E-state index contributed by atoms with van der Waals surface area (Å²) in [6.07, 6.45) is 4.42. The summed E-state index contributed by atoms with van der Waals surface area (Å²) < 4.78 is 29.1. The van der Waals surface area contributed by atoms with Gasteiger partial charge in [0.1, 0.15) is 4.21 Å². The van der Waals surface area contributed by atoms with E-state index in [0.717, 1.165) is 24.3 Å². The fraction of sp³-hybridized carbons (Fsp3) is 0.500. The number of carbonyl (C=O) groups excluding carboxylic acids is 1. The monoisotopic (exact) mass is 431 g/mol. The van der Waals surface area contributed by atoms with Crippen molar-refractivity contribution in [3.63, 3.8) is 0 Å². The number of carbonyl (C=O) groups is 1. The summed E-state index contributed by atoms with van der Waals surface area (Å²) in [5.41, 5.74) is 0. The van der Waals surface area contributed by atoms with Gasteiger partial charge >= 0.3 is 0 Å². The lowest BCUT2D eigenvalue weighted by molar-refractivity contribution is -0.122. The molecule has 0 radical (unpaired) electrons.